The van der Waals surface area contributed by atoms with Crippen LogP contribution in [0.1, 0.15) is 25.0 Å². The van der Waals surface area contributed by atoms with Crippen molar-refractivity contribution in [3.63, 3.8) is 0 Å². The van der Waals surface area contributed by atoms with Crippen molar-refractivity contribution >= 4 is 35.1 Å². The fourth-order valence-electron chi connectivity index (χ4n) is 2.57. The van der Waals surface area contributed by atoms with E-state index in [1.807, 2.05) is 26.0 Å². The van der Waals surface area contributed by atoms with Gasteiger partial charge in [0.15, 0.2) is 0 Å². The maximum atomic E-state index is 13.0. The Morgan fingerprint density at radius 2 is 2.04 bits per heavy atom. The van der Waals surface area contributed by atoms with Crippen LogP contribution in [0.4, 0.5) is 30.6 Å². The summed E-state index contributed by atoms with van der Waals surface area (Å²) in [6, 6.07) is 3.85. The van der Waals surface area contributed by atoms with Gasteiger partial charge in [-0.2, -0.15) is 18.2 Å². The van der Waals surface area contributed by atoms with E-state index in [4.69, 9.17) is 11.6 Å². The lowest BCUT2D eigenvalue weighted by molar-refractivity contribution is -0.137. The topological polar surface area (TPSA) is 41.1 Å². The summed E-state index contributed by atoms with van der Waals surface area (Å²) in [5, 5.41) is 2.47. The first-order valence-corrected chi connectivity index (χ1v) is 8.07. The minimum atomic E-state index is -4.52. The van der Waals surface area contributed by atoms with Gasteiger partial charge in [-0.3, -0.25) is 0 Å². The Bertz CT molecular complexity index is 818. The minimum absolute atomic E-state index is 0.221. The summed E-state index contributed by atoms with van der Waals surface area (Å²) in [7, 11) is 0. The van der Waals surface area contributed by atoms with Gasteiger partial charge in [-0.25, -0.2) is 4.98 Å². The lowest BCUT2D eigenvalue weighted by atomic mass is 10.1. The van der Waals surface area contributed by atoms with Crippen LogP contribution in [0.25, 0.3) is 6.08 Å². The summed E-state index contributed by atoms with van der Waals surface area (Å²) < 4.78 is 38.9. The normalized spacial score (nSPS) is 14.0. The average molecular weight is 369 g/mol. The SMILES string of the molecule is CC(C)N1CC=Cc2cnc(Nc3ccc(Cl)c(C(F)(F)F)c3)nc21. The highest BCUT2D eigenvalue weighted by Crippen LogP contribution is 2.36. The molecule has 0 saturated carbocycles. The van der Waals surface area contributed by atoms with Gasteiger partial charge in [0, 0.05) is 30.0 Å². The van der Waals surface area contributed by atoms with Crippen molar-refractivity contribution in [3.05, 3.63) is 46.6 Å². The predicted molar refractivity (Wildman–Crippen MR) is 93.3 cm³/mol. The molecule has 0 spiro atoms. The molecule has 8 heteroatoms. The number of anilines is 3. The molecule has 4 nitrogen and oxygen atoms in total. The largest absolute Gasteiger partial charge is 0.417 e. The highest BCUT2D eigenvalue weighted by Gasteiger charge is 2.33. The van der Waals surface area contributed by atoms with Crippen molar-refractivity contribution in [2.24, 2.45) is 0 Å². The van der Waals surface area contributed by atoms with Crippen LogP contribution >= 0.6 is 11.6 Å². The van der Waals surface area contributed by atoms with Gasteiger partial charge >= 0.3 is 6.18 Å². The van der Waals surface area contributed by atoms with Crippen LogP contribution in [0.3, 0.4) is 0 Å². The van der Waals surface area contributed by atoms with Gasteiger partial charge in [0.05, 0.1) is 10.6 Å². The van der Waals surface area contributed by atoms with E-state index in [2.05, 4.69) is 20.2 Å². The second-order valence-electron chi connectivity index (χ2n) is 5.94. The number of rotatable bonds is 3. The first kappa shape index (κ1) is 17.5. The van der Waals surface area contributed by atoms with E-state index in [9.17, 15) is 13.2 Å². The molecular weight excluding hydrogens is 353 g/mol. The van der Waals surface area contributed by atoms with Gasteiger partial charge in [0.25, 0.3) is 0 Å². The van der Waals surface area contributed by atoms with Crippen molar-refractivity contribution in [1.82, 2.24) is 9.97 Å². The number of hydrogen-bond acceptors (Lipinski definition) is 4. The van der Waals surface area contributed by atoms with Crippen LogP contribution in [0, 0.1) is 0 Å². The van der Waals surface area contributed by atoms with Gasteiger partial charge in [0.1, 0.15) is 5.82 Å². The molecule has 0 amide bonds. The Morgan fingerprint density at radius 3 is 2.72 bits per heavy atom. The first-order valence-electron chi connectivity index (χ1n) is 7.69. The number of nitrogens with one attached hydrogen (secondary N) is 1. The molecule has 2 heterocycles. The molecule has 0 fully saturated rings. The summed E-state index contributed by atoms with van der Waals surface area (Å²) in [5.41, 5.74) is 0.195. The first-order chi connectivity index (χ1) is 11.8. The third-order valence-corrected chi connectivity index (χ3v) is 4.15. The van der Waals surface area contributed by atoms with Gasteiger partial charge in [0.2, 0.25) is 5.95 Å². The van der Waals surface area contributed by atoms with Crippen LogP contribution in [0.15, 0.2) is 30.5 Å². The summed E-state index contributed by atoms with van der Waals surface area (Å²) in [4.78, 5) is 10.7. The second kappa shape index (κ2) is 6.55. The maximum absolute atomic E-state index is 13.0. The zero-order chi connectivity index (χ0) is 18.2. The molecule has 1 aromatic heterocycles. The molecule has 1 aromatic carbocycles. The molecule has 2 aromatic rings. The lowest BCUT2D eigenvalue weighted by Gasteiger charge is -2.30. The zero-order valence-corrected chi connectivity index (χ0v) is 14.4. The van der Waals surface area contributed by atoms with E-state index < -0.39 is 11.7 Å². The molecule has 25 heavy (non-hydrogen) atoms. The number of fused-ring (bicyclic) bond motifs is 1. The Hall–Kier alpha value is -2.28. The van der Waals surface area contributed by atoms with Crippen LogP contribution in [0.5, 0.6) is 0 Å². The second-order valence-corrected chi connectivity index (χ2v) is 6.35. The van der Waals surface area contributed by atoms with Crippen molar-refractivity contribution in [2.75, 3.05) is 16.8 Å². The zero-order valence-electron chi connectivity index (χ0n) is 13.6. The standard InChI is InChI=1S/C17H16ClF3N4/c1-10(2)25-7-3-4-11-9-22-16(24-15(11)25)23-12-5-6-14(18)13(8-12)17(19,20)21/h3-6,8-10H,7H2,1-2H3,(H,22,23,24). The van der Waals surface area contributed by atoms with E-state index in [1.54, 1.807) is 6.20 Å². The Morgan fingerprint density at radius 1 is 1.28 bits per heavy atom. The molecule has 1 N–H and O–H groups in total. The molecular formula is C17H16ClF3N4. The molecule has 0 atom stereocenters. The molecule has 0 bridgehead atoms. The quantitative estimate of drug-likeness (QED) is 0.815. The number of nitrogens with zero attached hydrogens (tertiary/aromatic N) is 3. The van der Waals surface area contributed by atoms with Crippen molar-refractivity contribution in [3.8, 4) is 0 Å². The molecule has 3 rings (SSSR count). The average Bonchev–Trinajstić information content (AvgIpc) is 2.55. The van der Waals surface area contributed by atoms with Crippen LogP contribution in [0.2, 0.25) is 5.02 Å². The van der Waals surface area contributed by atoms with E-state index >= 15 is 0 Å². The van der Waals surface area contributed by atoms with E-state index in [1.165, 1.54) is 12.1 Å². The highest BCUT2D eigenvalue weighted by atomic mass is 35.5. The van der Waals surface area contributed by atoms with Crippen LogP contribution in [-0.4, -0.2) is 22.6 Å². The van der Waals surface area contributed by atoms with Crippen molar-refractivity contribution < 1.29 is 13.2 Å². The molecule has 0 unspecified atom stereocenters. The number of halogens is 4. The Kier molecular flexibility index (Phi) is 4.60. The van der Waals surface area contributed by atoms with Gasteiger partial charge in [-0.1, -0.05) is 23.8 Å². The van der Waals surface area contributed by atoms with Gasteiger partial charge in [-0.05, 0) is 32.0 Å². The van der Waals surface area contributed by atoms with E-state index in [-0.39, 0.29) is 22.7 Å². The highest BCUT2D eigenvalue weighted by molar-refractivity contribution is 6.31. The maximum Gasteiger partial charge on any atom is 0.417 e. The van der Waals surface area contributed by atoms with E-state index in [0.717, 1.165) is 24.0 Å². The smallest absolute Gasteiger partial charge is 0.350 e. The molecule has 132 valence electrons. The summed E-state index contributed by atoms with van der Waals surface area (Å²) in [6.45, 7) is 4.82. The molecule has 0 saturated heterocycles. The summed E-state index contributed by atoms with van der Waals surface area (Å²) in [5.74, 6) is 0.982. The minimum Gasteiger partial charge on any atom is -0.350 e. The molecule has 0 aliphatic carbocycles. The summed E-state index contributed by atoms with van der Waals surface area (Å²) >= 11 is 5.64. The third-order valence-electron chi connectivity index (χ3n) is 3.82. The number of hydrogen-bond donors (Lipinski definition) is 1. The Balaban J connectivity index is 1.92. The monoisotopic (exact) mass is 368 g/mol. The molecule has 1 aliphatic heterocycles. The van der Waals surface area contributed by atoms with Gasteiger partial charge < -0.3 is 10.2 Å². The Labute approximate surface area is 148 Å². The fourth-order valence-corrected chi connectivity index (χ4v) is 2.80. The third kappa shape index (κ3) is 3.71. The molecule has 1 aliphatic rings. The number of alkyl halides is 3. The lowest BCUT2D eigenvalue weighted by Crippen LogP contribution is -2.33. The number of benzene rings is 1. The number of aromatic nitrogens is 2. The van der Waals surface area contributed by atoms with E-state index in [0.29, 0.717) is 0 Å². The van der Waals surface area contributed by atoms with Gasteiger partial charge in [-0.15, -0.1) is 0 Å². The predicted octanol–water partition coefficient (Wildman–Crippen LogP) is 5.13. The van der Waals surface area contributed by atoms with Crippen molar-refractivity contribution in [1.29, 1.82) is 0 Å². The summed E-state index contributed by atoms with van der Waals surface area (Å²) in [6.07, 6.45) is 1.08. The van der Waals surface area contributed by atoms with Crippen LogP contribution < -0.4 is 10.2 Å². The fraction of sp³-hybridized carbons (Fsp3) is 0.294. The van der Waals surface area contributed by atoms with Crippen LogP contribution in [-0.2, 0) is 6.18 Å². The van der Waals surface area contributed by atoms with Crippen molar-refractivity contribution in [2.45, 2.75) is 26.1 Å². The molecule has 0 radical (unpaired) electrons.